The third-order valence-electron chi connectivity index (χ3n) is 8.52. The first-order valence-corrected chi connectivity index (χ1v) is 14.1. The minimum atomic E-state index is -0.793. The van der Waals surface area contributed by atoms with E-state index in [4.69, 9.17) is 0 Å². The molecule has 6 rings (SSSR count). The van der Waals surface area contributed by atoms with Gasteiger partial charge in [0.2, 0.25) is 11.8 Å². The van der Waals surface area contributed by atoms with E-state index in [1.807, 2.05) is 12.1 Å². The number of nitrogens with one attached hydrogen (secondary N) is 1. The molecule has 8 heteroatoms. The number of hydrogen-bond acceptors (Lipinski definition) is 5. The molecule has 0 radical (unpaired) electrons. The number of nitrogens with zero attached hydrogens (tertiary/aromatic N) is 3. The van der Waals surface area contributed by atoms with Crippen LogP contribution in [-0.2, 0) is 22.6 Å². The van der Waals surface area contributed by atoms with Crippen molar-refractivity contribution in [3.05, 3.63) is 76.6 Å². The second-order valence-electron chi connectivity index (χ2n) is 12.2. The highest BCUT2D eigenvalue weighted by molar-refractivity contribution is 6.27. The first kappa shape index (κ1) is 26.6. The molecule has 0 bridgehead atoms. The van der Waals surface area contributed by atoms with Crippen LogP contribution in [0.1, 0.15) is 60.7 Å². The average Bonchev–Trinajstić information content (AvgIpc) is 3.18. The minimum Gasteiger partial charge on any atom is -0.297 e. The van der Waals surface area contributed by atoms with Crippen LogP contribution >= 0.6 is 0 Å². The van der Waals surface area contributed by atoms with Crippen molar-refractivity contribution in [1.29, 1.82) is 0 Å². The molecule has 3 aromatic rings. The lowest BCUT2D eigenvalue weighted by Crippen LogP contribution is -2.53. The molecule has 2 fully saturated rings. The summed E-state index contributed by atoms with van der Waals surface area (Å²) in [5.74, 6) is -1.72. The number of imide groups is 1. The van der Waals surface area contributed by atoms with E-state index in [1.165, 1.54) is 22.6 Å². The van der Waals surface area contributed by atoms with E-state index in [0.717, 1.165) is 43.9 Å². The van der Waals surface area contributed by atoms with E-state index in [2.05, 4.69) is 60.2 Å². The molecule has 3 aromatic carbocycles. The first-order chi connectivity index (χ1) is 19.1. The summed E-state index contributed by atoms with van der Waals surface area (Å²) in [7, 11) is 0. The Labute approximate surface area is 233 Å². The normalized spacial score (nSPS) is 20.4. The number of piperazine rings is 1. The maximum Gasteiger partial charge on any atom is 0.259 e. The average molecular weight is 543 g/mol. The third-order valence-corrected chi connectivity index (χ3v) is 8.52. The van der Waals surface area contributed by atoms with Gasteiger partial charge in [0.05, 0.1) is 11.3 Å². The number of hydrogen-bond donors (Lipinski definition) is 1. The van der Waals surface area contributed by atoms with Crippen molar-refractivity contribution in [3.63, 3.8) is 0 Å². The molecule has 1 N–H and O–H groups in total. The molecule has 7 nitrogen and oxygen atoms in total. The molecule has 0 aromatic heterocycles. The van der Waals surface area contributed by atoms with Gasteiger partial charge in [0.1, 0.15) is 11.9 Å². The highest BCUT2D eigenvalue weighted by atomic mass is 19.1. The van der Waals surface area contributed by atoms with Crippen molar-refractivity contribution >= 4 is 34.2 Å². The summed E-state index contributed by atoms with van der Waals surface area (Å²) in [4.78, 5) is 44.1. The van der Waals surface area contributed by atoms with Crippen molar-refractivity contribution in [2.75, 3.05) is 31.1 Å². The number of halogens is 1. The Hall–Kier alpha value is -3.62. The van der Waals surface area contributed by atoms with Gasteiger partial charge < -0.3 is 0 Å². The fraction of sp³-hybridized carbons (Fsp3) is 0.406. The predicted octanol–water partition coefficient (Wildman–Crippen LogP) is 4.25. The van der Waals surface area contributed by atoms with Crippen LogP contribution in [0.25, 0.3) is 10.8 Å². The van der Waals surface area contributed by atoms with E-state index in [1.54, 1.807) is 0 Å². The largest absolute Gasteiger partial charge is 0.297 e. The molecule has 40 heavy (non-hydrogen) atoms. The van der Waals surface area contributed by atoms with Crippen LogP contribution in [0.4, 0.5) is 10.1 Å². The fourth-order valence-electron chi connectivity index (χ4n) is 6.31. The van der Waals surface area contributed by atoms with Gasteiger partial charge in [-0.15, -0.1) is 0 Å². The van der Waals surface area contributed by atoms with Gasteiger partial charge in [-0.25, -0.2) is 4.39 Å². The van der Waals surface area contributed by atoms with Gasteiger partial charge in [-0.2, -0.15) is 0 Å². The van der Waals surface area contributed by atoms with E-state index < -0.39 is 23.7 Å². The number of anilines is 1. The highest BCUT2D eigenvalue weighted by Crippen LogP contribution is 2.42. The second kappa shape index (κ2) is 10.1. The quantitative estimate of drug-likeness (QED) is 0.488. The van der Waals surface area contributed by atoms with Crippen LogP contribution in [0.2, 0.25) is 0 Å². The fourth-order valence-corrected chi connectivity index (χ4v) is 6.31. The Morgan fingerprint density at radius 2 is 1.62 bits per heavy atom. The van der Waals surface area contributed by atoms with E-state index in [0.29, 0.717) is 22.9 Å². The Morgan fingerprint density at radius 1 is 0.925 bits per heavy atom. The van der Waals surface area contributed by atoms with Gasteiger partial charge in [0.25, 0.3) is 5.91 Å². The summed E-state index contributed by atoms with van der Waals surface area (Å²) in [5, 5.41) is 3.67. The van der Waals surface area contributed by atoms with Crippen LogP contribution < -0.4 is 10.2 Å². The zero-order valence-corrected chi connectivity index (χ0v) is 23.3. The lowest BCUT2D eigenvalue weighted by Gasteiger charge is -2.42. The van der Waals surface area contributed by atoms with Crippen molar-refractivity contribution in [2.45, 2.75) is 58.2 Å². The van der Waals surface area contributed by atoms with Crippen molar-refractivity contribution in [1.82, 2.24) is 15.1 Å². The van der Waals surface area contributed by atoms with Gasteiger partial charge in [0, 0.05) is 50.1 Å². The highest BCUT2D eigenvalue weighted by Gasteiger charge is 2.41. The molecule has 0 saturated carbocycles. The number of benzene rings is 3. The number of rotatable bonds is 5. The molecule has 0 spiro atoms. The molecule has 0 aliphatic carbocycles. The number of piperidine rings is 1. The van der Waals surface area contributed by atoms with E-state index in [-0.39, 0.29) is 29.9 Å². The molecule has 0 unspecified atom stereocenters. The van der Waals surface area contributed by atoms with Gasteiger partial charge in [0.15, 0.2) is 0 Å². The standard InChI is InChI=1S/C32H35FN4O3/c1-32(2,3)36-14-12-35(13-15-36)19-21-6-4-20(5-7-21)16-22-8-9-26-29-24(22)17-23(33)18-25(29)31(40)37(26)27-10-11-28(38)34-30(27)39/h4-9,17-18,27H,10-16,19H2,1-3H3,(H,34,38,39)/t27-/m0/s1. The third kappa shape index (κ3) is 4.90. The summed E-state index contributed by atoms with van der Waals surface area (Å²) in [5.41, 5.74) is 4.35. The lowest BCUT2D eigenvalue weighted by molar-refractivity contribution is -0.134. The zero-order chi connectivity index (χ0) is 28.2. The predicted molar refractivity (Wildman–Crippen MR) is 153 cm³/mol. The number of amides is 3. The Bertz CT molecular complexity index is 1500. The van der Waals surface area contributed by atoms with Crippen LogP contribution in [0, 0.1) is 5.82 Å². The topological polar surface area (TPSA) is 73.0 Å². The monoisotopic (exact) mass is 542 g/mol. The van der Waals surface area contributed by atoms with Crippen LogP contribution in [0.5, 0.6) is 0 Å². The van der Waals surface area contributed by atoms with E-state index >= 15 is 0 Å². The van der Waals surface area contributed by atoms with Crippen molar-refractivity contribution < 1.29 is 18.8 Å². The van der Waals surface area contributed by atoms with Gasteiger partial charge in [-0.1, -0.05) is 30.3 Å². The molecule has 208 valence electrons. The lowest BCUT2D eigenvalue weighted by atomic mass is 9.95. The second-order valence-corrected chi connectivity index (χ2v) is 12.2. The van der Waals surface area contributed by atoms with Gasteiger partial charge in [-0.3, -0.25) is 34.4 Å². The van der Waals surface area contributed by atoms with Crippen LogP contribution in [-0.4, -0.2) is 65.3 Å². The van der Waals surface area contributed by atoms with Crippen molar-refractivity contribution in [2.24, 2.45) is 0 Å². The molecule has 3 aliphatic heterocycles. The zero-order valence-electron chi connectivity index (χ0n) is 23.3. The van der Waals surface area contributed by atoms with E-state index in [9.17, 15) is 18.8 Å². The summed E-state index contributed by atoms with van der Waals surface area (Å²) in [6.45, 7) is 12.0. The Morgan fingerprint density at radius 3 is 2.30 bits per heavy atom. The summed E-state index contributed by atoms with van der Waals surface area (Å²) in [6, 6.07) is 14.3. The summed E-state index contributed by atoms with van der Waals surface area (Å²) in [6.07, 6.45) is 1.00. The smallest absolute Gasteiger partial charge is 0.259 e. The molecule has 3 amide bonds. The minimum absolute atomic E-state index is 0.162. The summed E-state index contributed by atoms with van der Waals surface area (Å²) < 4.78 is 14.8. The van der Waals surface area contributed by atoms with Gasteiger partial charge in [-0.05, 0) is 73.9 Å². The molecule has 3 aliphatic rings. The molecule has 3 heterocycles. The molecule has 1 atom stereocenters. The number of carbonyl (C=O) groups excluding carboxylic acids is 3. The van der Waals surface area contributed by atoms with Gasteiger partial charge >= 0.3 is 0 Å². The number of carbonyl (C=O) groups is 3. The van der Waals surface area contributed by atoms with Crippen LogP contribution in [0.15, 0.2) is 48.5 Å². The summed E-state index contributed by atoms with van der Waals surface area (Å²) >= 11 is 0. The first-order valence-electron chi connectivity index (χ1n) is 14.1. The molecular weight excluding hydrogens is 507 g/mol. The Kier molecular flexibility index (Phi) is 6.71. The SMILES string of the molecule is CC(C)(C)N1CCN(Cc2ccc(Cc3ccc4c5c(cc(F)cc35)C(=O)N4[C@H]3CCC(=O)NC3=O)cc2)CC1. The maximum absolute atomic E-state index is 14.8. The van der Waals surface area contributed by atoms with Crippen LogP contribution in [0.3, 0.4) is 0 Å². The Balaban J connectivity index is 1.21. The van der Waals surface area contributed by atoms with Crippen molar-refractivity contribution in [3.8, 4) is 0 Å². The maximum atomic E-state index is 14.8. The molecular formula is C32H35FN4O3. The molecule has 2 saturated heterocycles.